The number of hydrogen-bond donors (Lipinski definition) is 1. The maximum absolute atomic E-state index is 5.29. The number of rotatable bonds is 4. The van der Waals surface area contributed by atoms with E-state index in [1.54, 1.807) is 13.4 Å². The average molecular weight is 243 g/mol. The lowest BCUT2D eigenvalue weighted by molar-refractivity contribution is 0.399. The molecule has 3 aromatic rings. The Labute approximate surface area is 104 Å². The molecule has 5 heteroatoms. The summed E-state index contributed by atoms with van der Waals surface area (Å²) in [7, 11) is 1.60. The lowest BCUT2D eigenvalue weighted by Gasteiger charge is -1.95. The van der Waals surface area contributed by atoms with Crippen molar-refractivity contribution in [1.29, 1.82) is 0 Å². The second-order valence-electron chi connectivity index (χ2n) is 3.99. The van der Waals surface area contributed by atoms with Crippen molar-refractivity contribution in [3.05, 3.63) is 42.1 Å². The van der Waals surface area contributed by atoms with E-state index in [4.69, 9.17) is 9.15 Å². The summed E-state index contributed by atoms with van der Waals surface area (Å²) in [4.78, 5) is 11.9. The first kappa shape index (κ1) is 10.8. The van der Waals surface area contributed by atoms with Gasteiger partial charge in [-0.2, -0.15) is 4.98 Å². The minimum atomic E-state index is 0.576. The second-order valence-corrected chi connectivity index (χ2v) is 3.99. The number of fused-ring (bicyclic) bond motifs is 1. The molecule has 0 spiro atoms. The molecule has 3 aromatic heterocycles. The molecule has 3 rings (SSSR count). The lowest BCUT2D eigenvalue weighted by Crippen LogP contribution is -1.91. The van der Waals surface area contributed by atoms with Gasteiger partial charge in [-0.1, -0.05) is 0 Å². The van der Waals surface area contributed by atoms with Crippen LogP contribution in [0.2, 0.25) is 0 Å². The Hall–Kier alpha value is -2.30. The van der Waals surface area contributed by atoms with Crippen LogP contribution in [0.4, 0.5) is 0 Å². The number of ether oxygens (including phenoxy) is 1. The summed E-state index contributed by atoms with van der Waals surface area (Å²) in [6.45, 7) is 0. The van der Waals surface area contributed by atoms with E-state index in [0.29, 0.717) is 11.5 Å². The summed E-state index contributed by atoms with van der Waals surface area (Å²) >= 11 is 0. The third-order valence-corrected chi connectivity index (χ3v) is 2.77. The molecule has 0 aliphatic carbocycles. The molecule has 0 aliphatic rings. The highest BCUT2D eigenvalue weighted by Crippen LogP contribution is 2.15. The lowest BCUT2D eigenvalue weighted by atomic mass is 10.2. The van der Waals surface area contributed by atoms with Crippen LogP contribution in [0.1, 0.15) is 11.6 Å². The predicted molar refractivity (Wildman–Crippen MR) is 66.6 cm³/mol. The molecule has 0 saturated carbocycles. The van der Waals surface area contributed by atoms with E-state index < -0.39 is 0 Å². The highest BCUT2D eigenvalue weighted by Gasteiger charge is 2.06. The van der Waals surface area contributed by atoms with Crippen molar-refractivity contribution < 1.29 is 9.15 Å². The predicted octanol–water partition coefficient (Wildman–Crippen LogP) is 2.34. The third kappa shape index (κ3) is 2.07. The van der Waals surface area contributed by atoms with Crippen molar-refractivity contribution in [2.75, 3.05) is 7.11 Å². The first-order valence-corrected chi connectivity index (χ1v) is 5.77. The Morgan fingerprint density at radius 2 is 2.17 bits per heavy atom. The Kier molecular flexibility index (Phi) is 2.72. The summed E-state index contributed by atoms with van der Waals surface area (Å²) in [5, 5.41) is 0. The van der Waals surface area contributed by atoms with Crippen molar-refractivity contribution in [2.45, 2.75) is 12.8 Å². The fraction of sp³-hybridized carbons (Fsp3) is 0.231. The molecule has 0 aliphatic heterocycles. The number of furan rings is 1. The van der Waals surface area contributed by atoms with Crippen LogP contribution in [0, 0.1) is 0 Å². The normalized spacial score (nSPS) is 10.9. The number of aromatic nitrogens is 3. The number of hydrogen-bond acceptors (Lipinski definition) is 4. The van der Waals surface area contributed by atoms with Crippen molar-refractivity contribution in [1.82, 2.24) is 15.0 Å². The summed E-state index contributed by atoms with van der Waals surface area (Å²) < 4.78 is 10.4. The second kappa shape index (κ2) is 4.52. The van der Waals surface area contributed by atoms with Gasteiger partial charge in [0.25, 0.3) is 0 Å². The molecule has 0 bridgehead atoms. The standard InChI is InChI=1S/C13H13N3O2/c1-17-12-7-5-10-13(16-12)15-11(14-10)6-4-9-3-2-8-18-9/h2-3,5,7-8H,4,6H2,1H3,(H,14,15,16). The molecule has 1 N–H and O–H groups in total. The van der Waals surface area contributed by atoms with Gasteiger partial charge in [-0.25, -0.2) is 4.98 Å². The molecule has 0 amide bonds. The average Bonchev–Trinajstić information content (AvgIpc) is 3.04. The van der Waals surface area contributed by atoms with Crippen molar-refractivity contribution in [2.24, 2.45) is 0 Å². The van der Waals surface area contributed by atoms with E-state index >= 15 is 0 Å². The Morgan fingerprint density at radius 1 is 1.22 bits per heavy atom. The largest absolute Gasteiger partial charge is 0.481 e. The van der Waals surface area contributed by atoms with Crippen LogP contribution in [0.15, 0.2) is 34.9 Å². The molecule has 0 saturated heterocycles. The number of methoxy groups -OCH3 is 1. The van der Waals surface area contributed by atoms with Crippen LogP contribution in [0.25, 0.3) is 11.2 Å². The molecule has 0 unspecified atom stereocenters. The zero-order valence-electron chi connectivity index (χ0n) is 10.0. The maximum atomic E-state index is 5.29. The molecule has 5 nitrogen and oxygen atoms in total. The fourth-order valence-corrected chi connectivity index (χ4v) is 1.85. The molecule has 0 radical (unpaired) electrons. The van der Waals surface area contributed by atoms with Gasteiger partial charge in [0, 0.05) is 18.9 Å². The van der Waals surface area contributed by atoms with E-state index in [2.05, 4.69) is 15.0 Å². The third-order valence-electron chi connectivity index (χ3n) is 2.77. The number of H-pyrrole nitrogens is 1. The van der Waals surface area contributed by atoms with E-state index in [1.165, 1.54) is 0 Å². The molecule has 0 atom stereocenters. The number of imidazole rings is 1. The van der Waals surface area contributed by atoms with Gasteiger partial charge in [0.1, 0.15) is 11.6 Å². The van der Waals surface area contributed by atoms with Crippen LogP contribution in [-0.4, -0.2) is 22.1 Å². The first-order valence-electron chi connectivity index (χ1n) is 5.77. The van der Waals surface area contributed by atoms with Crippen LogP contribution in [0.3, 0.4) is 0 Å². The van der Waals surface area contributed by atoms with Gasteiger partial charge in [-0.3, -0.25) is 0 Å². The van der Waals surface area contributed by atoms with Gasteiger partial charge >= 0.3 is 0 Å². The molecular formula is C13H13N3O2. The maximum Gasteiger partial charge on any atom is 0.215 e. The zero-order valence-corrected chi connectivity index (χ0v) is 10.0. The van der Waals surface area contributed by atoms with Crippen LogP contribution in [0.5, 0.6) is 5.88 Å². The van der Waals surface area contributed by atoms with E-state index in [9.17, 15) is 0 Å². The minimum Gasteiger partial charge on any atom is -0.481 e. The summed E-state index contributed by atoms with van der Waals surface area (Å²) in [5.41, 5.74) is 1.61. The van der Waals surface area contributed by atoms with Crippen LogP contribution < -0.4 is 4.74 Å². The highest BCUT2D eigenvalue weighted by atomic mass is 16.5. The minimum absolute atomic E-state index is 0.576. The van der Waals surface area contributed by atoms with Gasteiger partial charge in [-0.15, -0.1) is 0 Å². The number of aryl methyl sites for hydroxylation is 2. The van der Waals surface area contributed by atoms with E-state index in [0.717, 1.165) is 29.9 Å². The highest BCUT2D eigenvalue weighted by molar-refractivity contribution is 5.71. The Balaban J connectivity index is 1.80. The molecule has 0 aromatic carbocycles. The molecule has 18 heavy (non-hydrogen) atoms. The summed E-state index contributed by atoms with van der Waals surface area (Å²) in [6, 6.07) is 7.59. The summed E-state index contributed by atoms with van der Waals surface area (Å²) in [5.74, 6) is 2.44. The van der Waals surface area contributed by atoms with E-state index in [1.807, 2.05) is 24.3 Å². The number of nitrogens with one attached hydrogen (secondary N) is 1. The fourth-order valence-electron chi connectivity index (χ4n) is 1.85. The monoisotopic (exact) mass is 243 g/mol. The molecule has 0 fully saturated rings. The van der Waals surface area contributed by atoms with Gasteiger partial charge in [-0.05, 0) is 18.2 Å². The zero-order chi connectivity index (χ0) is 12.4. The number of pyridine rings is 1. The van der Waals surface area contributed by atoms with Gasteiger partial charge < -0.3 is 14.1 Å². The Morgan fingerprint density at radius 3 is 2.94 bits per heavy atom. The van der Waals surface area contributed by atoms with Crippen molar-refractivity contribution >= 4 is 11.2 Å². The summed E-state index contributed by atoms with van der Waals surface area (Å²) in [6.07, 6.45) is 3.30. The molecule has 92 valence electrons. The van der Waals surface area contributed by atoms with Gasteiger partial charge in [0.15, 0.2) is 5.65 Å². The van der Waals surface area contributed by atoms with Crippen molar-refractivity contribution in [3.8, 4) is 5.88 Å². The topological polar surface area (TPSA) is 63.9 Å². The van der Waals surface area contributed by atoms with Crippen LogP contribution in [-0.2, 0) is 12.8 Å². The molecular weight excluding hydrogens is 230 g/mol. The smallest absolute Gasteiger partial charge is 0.215 e. The first-order chi connectivity index (χ1) is 8.85. The SMILES string of the molecule is COc1ccc2[nH]c(CCc3ccco3)nc2n1. The van der Waals surface area contributed by atoms with Gasteiger partial charge in [0.05, 0.1) is 18.9 Å². The number of aromatic amines is 1. The van der Waals surface area contributed by atoms with Crippen LogP contribution >= 0.6 is 0 Å². The van der Waals surface area contributed by atoms with Crippen molar-refractivity contribution in [3.63, 3.8) is 0 Å². The van der Waals surface area contributed by atoms with Gasteiger partial charge in [0.2, 0.25) is 5.88 Å². The van der Waals surface area contributed by atoms with E-state index in [-0.39, 0.29) is 0 Å². The quantitative estimate of drug-likeness (QED) is 0.764. The Bertz CT molecular complexity index is 643. The molecule has 3 heterocycles. The number of nitrogens with zero attached hydrogens (tertiary/aromatic N) is 2.